The summed E-state index contributed by atoms with van der Waals surface area (Å²) in [6.45, 7) is 0. The van der Waals surface area contributed by atoms with Crippen molar-refractivity contribution in [3.05, 3.63) is 96.1 Å². The van der Waals surface area contributed by atoms with Crippen LogP contribution in [0.25, 0.3) is 21.5 Å². The molecule has 4 aromatic carbocycles. The van der Waals surface area contributed by atoms with Crippen LogP contribution >= 0.6 is 0 Å². The van der Waals surface area contributed by atoms with Gasteiger partial charge in [0.15, 0.2) is 0 Å². The number of hydrogen-bond donors (Lipinski definition) is 0. The fourth-order valence-corrected chi connectivity index (χ4v) is 4.19. The number of rotatable bonds is 2. The van der Waals surface area contributed by atoms with Crippen LogP contribution in [0.2, 0.25) is 0 Å². The Labute approximate surface area is 172 Å². The van der Waals surface area contributed by atoms with Gasteiger partial charge in [0.1, 0.15) is 11.8 Å². The molecule has 0 atom stereocenters. The van der Waals surface area contributed by atoms with Crippen molar-refractivity contribution < 1.29 is 19.2 Å². The van der Waals surface area contributed by atoms with E-state index in [1.807, 2.05) is 48.5 Å². The lowest BCUT2D eigenvalue weighted by molar-refractivity contribution is -0.151. The maximum atomic E-state index is 12.9. The quantitative estimate of drug-likeness (QED) is 0.380. The van der Waals surface area contributed by atoms with Crippen LogP contribution in [0.1, 0.15) is 23.0 Å². The van der Waals surface area contributed by atoms with Gasteiger partial charge >= 0.3 is 0 Å². The Morgan fingerprint density at radius 2 is 0.733 bits per heavy atom. The van der Waals surface area contributed by atoms with E-state index < -0.39 is 35.0 Å². The zero-order valence-electron chi connectivity index (χ0n) is 15.9. The highest BCUT2D eigenvalue weighted by Crippen LogP contribution is 2.34. The first-order valence-corrected chi connectivity index (χ1v) is 9.68. The van der Waals surface area contributed by atoms with Crippen molar-refractivity contribution in [3.8, 4) is 0 Å². The molecular formula is C26H16O4. The molecule has 1 aliphatic rings. The molecule has 1 saturated carbocycles. The molecule has 0 heterocycles. The summed E-state index contributed by atoms with van der Waals surface area (Å²) in [6.07, 6.45) is 0. The maximum Gasteiger partial charge on any atom is 0.214 e. The summed E-state index contributed by atoms with van der Waals surface area (Å²) in [4.78, 5) is 51.8. The van der Waals surface area contributed by atoms with Crippen molar-refractivity contribution in [2.45, 2.75) is 11.8 Å². The molecule has 0 aliphatic heterocycles. The number of Topliss-reactive ketones (excluding diaryl/α,β-unsaturated/α-hetero) is 4. The average Bonchev–Trinajstić information content (AvgIpc) is 2.78. The van der Waals surface area contributed by atoms with Crippen LogP contribution in [0.4, 0.5) is 0 Å². The minimum absolute atomic E-state index is 0.377. The molecule has 0 unspecified atom stereocenters. The highest BCUT2D eigenvalue weighted by molar-refractivity contribution is 6.63. The molecule has 30 heavy (non-hydrogen) atoms. The molecule has 4 nitrogen and oxygen atoms in total. The van der Waals surface area contributed by atoms with E-state index in [9.17, 15) is 19.2 Å². The monoisotopic (exact) mass is 392 g/mol. The largest absolute Gasteiger partial charge is 0.290 e. The van der Waals surface area contributed by atoms with Crippen molar-refractivity contribution in [2.24, 2.45) is 0 Å². The van der Waals surface area contributed by atoms with Crippen molar-refractivity contribution in [1.29, 1.82) is 0 Å². The summed E-state index contributed by atoms with van der Waals surface area (Å²) >= 11 is 0. The number of fused-ring (bicyclic) bond motifs is 2. The second-order valence-electron chi connectivity index (χ2n) is 7.54. The predicted molar refractivity (Wildman–Crippen MR) is 113 cm³/mol. The minimum atomic E-state index is -1.37. The van der Waals surface area contributed by atoms with E-state index in [0.29, 0.717) is 11.1 Å². The lowest BCUT2D eigenvalue weighted by atomic mass is 9.72. The second kappa shape index (κ2) is 6.85. The van der Waals surface area contributed by atoms with Crippen LogP contribution in [0, 0.1) is 0 Å². The van der Waals surface area contributed by atoms with Gasteiger partial charge in [0.2, 0.25) is 23.1 Å². The Bertz CT molecular complexity index is 1250. The normalized spacial score (nSPS) is 19.6. The van der Waals surface area contributed by atoms with Gasteiger partial charge < -0.3 is 0 Å². The maximum absolute atomic E-state index is 12.9. The average molecular weight is 392 g/mol. The molecule has 0 aromatic heterocycles. The summed E-state index contributed by atoms with van der Waals surface area (Å²) in [5, 5.41) is 3.58. The smallest absolute Gasteiger partial charge is 0.214 e. The summed E-state index contributed by atoms with van der Waals surface area (Å²) in [6, 6.07) is 25.3. The topological polar surface area (TPSA) is 68.3 Å². The van der Waals surface area contributed by atoms with Crippen molar-refractivity contribution in [3.63, 3.8) is 0 Å². The molecule has 0 saturated heterocycles. The van der Waals surface area contributed by atoms with Crippen LogP contribution in [0.5, 0.6) is 0 Å². The SMILES string of the molecule is O=C1C(=O)C(c2ccc3ccccc3c2)C(=O)C(=O)C1c1ccc2ccccc2c1. The number of carbonyl (C=O) groups is 4. The van der Waals surface area contributed by atoms with Gasteiger partial charge in [0.05, 0.1) is 0 Å². The molecule has 1 aliphatic carbocycles. The van der Waals surface area contributed by atoms with E-state index in [1.165, 1.54) is 0 Å². The van der Waals surface area contributed by atoms with Crippen LogP contribution in [0.15, 0.2) is 84.9 Å². The van der Waals surface area contributed by atoms with Gasteiger partial charge in [-0.2, -0.15) is 0 Å². The van der Waals surface area contributed by atoms with Crippen molar-refractivity contribution in [1.82, 2.24) is 0 Å². The van der Waals surface area contributed by atoms with Gasteiger partial charge in [-0.05, 0) is 44.8 Å². The molecule has 4 heteroatoms. The van der Waals surface area contributed by atoms with Crippen LogP contribution in [0.3, 0.4) is 0 Å². The van der Waals surface area contributed by atoms with E-state index in [2.05, 4.69) is 0 Å². The lowest BCUT2D eigenvalue weighted by Gasteiger charge is -2.25. The molecule has 0 radical (unpaired) electrons. The summed E-state index contributed by atoms with van der Waals surface area (Å²) < 4.78 is 0. The third kappa shape index (κ3) is 2.77. The van der Waals surface area contributed by atoms with Gasteiger partial charge in [-0.15, -0.1) is 0 Å². The fourth-order valence-electron chi connectivity index (χ4n) is 4.19. The van der Waals surface area contributed by atoms with Gasteiger partial charge in [-0.3, -0.25) is 19.2 Å². The standard InChI is InChI=1S/C26H16O4/c27-23-21(19-11-9-15-5-1-3-7-17(15)13-19)24(28)26(30)22(25(23)29)20-12-10-16-6-2-4-8-18(16)14-20/h1-14,21-22H. The third-order valence-electron chi connectivity index (χ3n) is 5.75. The first kappa shape index (κ1) is 18.1. The van der Waals surface area contributed by atoms with E-state index in [0.717, 1.165) is 21.5 Å². The van der Waals surface area contributed by atoms with Gasteiger partial charge in [0.25, 0.3) is 0 Å². The van der Waals surface area contributed by atoms with Crippen LogP contribution < -0.4 is 0 Å². The summed E-state index contributed by atoms with van der Waals surface area (Å²) in [5.74, 6) is -6.04. The molecular weight excluding hydrogens is 376 g/mol. The third-order valence-corrected chi connectivity index (χ3v) is 5.75. The zero-order valence-corrected chi connectivity index (χ0v) is 15.9. The Hall–Kier alpha value is -3.92. The predicted octanol–water partition coefficient (Wildman–Crippen LogP) is 4.15. The number of benzene rings is 4. The molecule has 0 bridgehead atoms. The van der Waals surface area contributed by atoms with Gasteiger partial charge in [-0.1, -0.05) is 72.8 Å². The van der Waals surface area contributed by atoms with Crippen molar-refractivity contribution in [2.75, 3.05) is 0 Å². The van der Waals surface area contributed by atoms with Crippen LogP contribution in [-0.4, -0.2) is 23.1 Å². The van der Waals surface area contributed by atoms with E-state index in [-0.39, 0.29) is 0 Å². The van der Waals surface area contributed by atoms with Gasteiger partial charge in [0, 0.05) is 0 Å². The highest BCUT2D eigenvalue weighted by Gasteiger charge is 2.49. The number of carbonyl (C=O) groups excluding carboxylic acids is 4. The van der Waals surface area contributed by atoms with Gasteiger partial charge in [-0.25, -0.2) is 0 Å². The molecule has 144 valence electrons. The van der Waals surface area contributed by atoms with E-state index in [1.54, 1.807) is 36.4 Å². The molecule has 5 rings (SSSR count). The molecule has 0 spiro atoms. The Morgan fingerprint density at radius 1 is 0.400 bits per heavy atom. The Kier molecular flexibility index (Phi) is 4.14. The molecule has 0 amide bonds. The molecule has 1 fully saturated rings. The second-order valence-corrected chi connectivity index (χ2v) is 7.54. The van der Waals surface area contributed by atoms with Crippen molar-refractivity contribution >= 4 is 44.7 Å². The fraction of sp³-hybridized carbons (Fsp3) is 0.0769. The zero-order chi connectivity index (χ0) is 20.8. The summed E-state index contributed by atoms with van der Waals surface area (Å²) in [5.41, 5.74) is 0.754. The summed E-state index contributed by atoms with van der Waals surface area (Å²) in [7, 11) is 0. The Balaban J connectivity index is 1.56. The van der Waals surface area contributed by atoms with E-state index >= 15 is 0 Å². The first-order chi connectivity index (χ1) is 14.5. The van der Waals surface area contributed by atoms with Crippen LogP contribution in [-0.2, 0) is 19.2 Å². The number of hydrogen-bond acceptors (Lipinski definition) is 4. The molecule has 4 aromatic rings. The lowest BCUT2D eigenvalue weighted by Crippen LogP contribution is -2.46. The van der Waals surface area contributed by atoms with E-state index in [4.69, 9.17) is 0 Å². The number of ketones is 4. The minimum Gasteiger partial charge on any atom is -0.290 e. The highest BCUT2D eigenvalue weighted by atomic mass is 16.2. The molecule has 0 N–H and O–H groups in total. The Morgan fingerprint density at radius 3 is 1.10 bits per heavy atom. The first-order valence-electron chi connectivity index (χ1n) is 9.68.